The first-order valence-corrected chi connectivity index (χ1v) is 8.76. The van der Waals surface area contributed by atoms with E-state index in [1.165, 1.54) is 12.1 Å². The Labute approximate surface area is 152 Å². The van der Waals surface area contributed by atoms with E-state index in [0.29, 0.717) is 19.7 Å². The van der Waals surface area contributed by atoms with Gasteiger partial charge in [0.1, 0.15) is 11.6 Å². The Morgan fingerprint density at radius 1 is 1.31 bits per heavy atom. The van der Waals surface area contributed by atoms with E-state index in [4.69, 9.17) is 14.9 Å². The van der Waals surface area contributed by atoms with Crippen molar-refractivity contribution in [1.29, 1.82) is 0 Å². The Hall–Kier alpha value is -2.18. The van der Waals surface area contributed by atoms with E-state index in [0.717, 1.165) is 23.4 Å². The maximum absolute atomic E-state index is 13.1. The predicted octanol–water partition coefficient (Wildman–Crippen LogP) is 3.39. The van der Waals surface area contributed by atoms with Gasteiger partial charge in [0.15, 0.2) is 5.76 Å². The second-order valence-corrected chi connectivity index (χ2v) is 7.73. The van der Waals surface area contributed by atoms with Crippen LogP contribution >= 0.6 is 0 Å². The highest BCUT2D eigenvalue weighted by molar-refractivity contribution is 5.90. The lowest BCUT2D eigenvalue weighted by Gasteiger charge is -2.33. The summed E-state index contributed by atoms with van der Waals surface area (Å²) in [4.78, 5) is 13.8. The monoisotopic (exact) mass is 360 g/mol. The fourth-order valence-corrected chi connectivity index (χ4v) is 3.27. The summed E-state index contributed by atoms with van der Waals surface area (Å²) in [6, 6.07) is 8.15. The minimum atomic E-state index is -0.562. The number of ether oxygens (including phenoxy) is 1. The number of benzene rings is 1. The van der Waals surface area contributed by atoms with Crippen molar-refractivity contribution in [2.75, 3.05) is 19.7 Å². The number of amides is 1. The number of carbonyl (C=O) groups excluding carboxylic acids is 1. The van der Waals surface area contributed by atoms with Crippen LogP contribution in [-0.2, 0) is 16.7 Å². The molecule has 1 saturated heterocycles. The van der Waals surface area contributed by atoms with Gasteiger partial charge in [0.05, 0.1) is 12.7 Å². The third kappa shape index (κ3) is 4.14. The molecule has 2 heterocycles. The van der Waals surface area contributed by atoms with Crippen LogP contribution in [0, 0.1) is 5.82 Å². The first-order valence-electron chi connectivity index (χ1n) is 8.76. The second-order valence-electron chi connectivity index (χ2n) is 7.73. The van der Waals surface area contributed by atoms with E-state index >= 15 is 0 Å². The van der Waals surface area contributed by atoms with Gasteiger partial charge in [-0.25, -0.2) is 4.39 Å². The molecular weight excluding hydrogens is 335 g/mol. The van der Waals surface area contributed by atoms with Crippen LogP contribution in [0.5, 0.6) is 0 Å². The lowest BCUT2D eigenvalue weighted by Crippen LogP contribution is -2.38. The predicted molar refractivity (Wildman–Crippen MR) is 96.3 cm³/mol. The number of nitrogens with two attached hydrogens (primary N) is 1. The summed E-state index contributed by atoms with van der Waals surface area (Å²) in [5.74, 6) is 0.144. The van der Waals surface area contributed by atoms with Gasteiger partial charge in [0.2, 0.25) is 0 Å². The van der Waals surface area contributed by atoms with Crippen LogP contribution in [0.4, 0.5) is 4.39 Å². The van der Waals surface area contributed by atoms with Gasteiger partial charge in [-0.15, -0.1) is 0 Å². The van der Waals surface area contributed by atoms with E-state index in [1.54, 1.807) is 18.2 Å². The SMILES string of the molecule is CC(C)(C)c1oc(C(N)=O)cc1CN1CCO[C@H](c2ccc(F)cc2)C1. The van der Waals surface area contributed by atoms with E-state index in [1.807, 2.05) is 20.8 Å². The van der Waals surface area contributed by atoms with Crippen molar-refractivity contribution in [1.82, 2.24) is 4.90 Å². The standard InChI is InChI=1S/C20H25FN2O3/c1-20(2,3)18-14(10-16(26-18)19(22)24)11-23-8-9-25-17(12-23)13-4-6-15(21)7-5-13/h4-7,10,17H,8-9,11-12H2,1-3H3,(H2,22,24)/t17-/m0/s1. The Bertz CT molecular complexity index is 777. The fraction of sp³-hybridized carbons (Fsp3) is 0.450. The maximum atomic E-state index is 13.1. The second kappa shape index (κ2) is 7.21. The normalized spacial score (nSPS) is 18.8. The smallest absolute Gasteiger partial charge is 0.284 e. The number of halogens is 1. The number of hydrogen-bond donors (Lipinski definition) is 1. The molecule has 1 aromatic carbocycles. The number of hydrogen-bond acceptors (Lipinski definition) is 4. The van der Waals surface area contributed by atoms with Crippen molar-refractivity contribution in [3.8, 4) is 0 Å². The summed E-state index contributed by atoms with van der Waals surface area (Å²) in [7, 11) is 0. The maximum Gasteiger partial charge on any atom is 0.284 e. The van der Waals surface area contributed by atoms with E-state index in [-0.39, 0.29) is 23.1 Å². The molecule has 0 radical (unpaired) electrons. The van der Waals surface area contributed by atoms with Crippen LogP contribution < -0.4 is 5.73 Å². The molecule has 1 aromatic heterocycles. The van der Waals surface area contributed by atoms with Crippen molar-refractivity contribution in [3.63, 3.8) is 0 Å². The third-order valence-corrected chi connectivity index (χ3v) is 4.52. The van der Waals surface area contributed by atoms with Gasteiger partial charge in [0, 0.05) is 30.6 Å². The largest absolute Gasteiger partial charge is 0.455 e. The number of nitrogens with zero attached hydrogens (tertiary/aromatic N) is 1. The quantitative estimate of drug-likeness (QED) is 0.907. The zero-order valence-corrected chi connectivity index (χ0v) is 15.4. The lowest BCUT2D eigenvalue weighted by molar-refractivity contribution is -0.0331. The van der Waals surface area contributed by atoms with Gasteiger partial charge in [-0.1, -0.05) is 32.9 Å². The van der Waals surface area contributed by atoms with Crippen LogP contribution in [0.3, 0.4) is 0 Å². The average molecular weight is 360 g/mol. The first kappa shape index (κ1) is 18.6. The zero-order chi connectivity index (χ0) is 18.9. The Morgan fingerprint density at radius 3 is 2.62 bits per heavy atom. The molecule has 1 atom stereocenters. The summed E-state index contributed by atoms with van der Waals surface area (Å²) >= 11 is 0. The van der Waals surface area contributed by atoms with Gasteiger partial charge in [0.25, 0.3) is 5.91 Å². The third-order valence-electron chi connectivity index (χ3n) is 4.52. The van der Waals surface area contributed by atoms with Gasteiger partial charge in [-0.3, -0.25) is 9.69 Å². The number of furan rings is 1. The van der Waals surface area contributed by atoms with E-state index in [2.05, 4.69) is 4.90 Å². The molecular formula is C20H25FN2O3. The van der Waals surface area contributed by atoms with Crippen LogP contribution in [0.25, 0.3) is 0 Å². The summed E-state index contributed by atoms with van der Waals surface area (Å²) in [5.41, 5.74) is 7.07. The van der Waals surface area contributed by atoms with Gasteiger partial charge < -0.3 is 14.9 Å². The first-order chi connectivity index (χ1) is 12.2. The molecule has 0 unspecified atom stereocenters. The Balaban J connectivity index is 1.78. The number of primary amides is 1. The molecule has 6 heteroatoms. The molecule has 0 spiro atoms. The molecule has 2 N–H and O–H groups in total. The molecule has 1 fully saturated rings. The van der Waals surface area contributed by atoms with Crippen molar-refractivity contribution in [2.24, 2.45) is 5.73 Å². The lowest BCUT2D eigenvalue weighted by atomic mass is 9.90. The summed E-state index contributed by atoms with van der Waals surface area (Å²) in [6.45, 7) is 8.82. The molecule has 1 amide bonds. The van der Waals surface area contributed by atoms with Crippen molar-refractivity contribution in [2.45, 2.75) is 38.8 Å². The van der Waals surface area contributed by atoms with Crippen molar-refractivity contribution >= 4 is 5.91 Å². The molecule has 3 rings (SSSR count). The van der Waals surface area contributed by atoms with Crippen molar-refractivity contribution < 1.29 is 18.3 Å². The van der Waals surface area contributed by atoms with Gasteiger partial charge in [-0.2, -0.15) is 0 Å². The minimum Gasteiger partial charge on any atom is -0.455 e. The van der Waals surface area contributed by atoms with Gasteiger partial charge in [-0.05, 0) is 23.8 Å². The molecule has 140 valence electrons. The van der Waals surface area contributed by atoms with Crippen LogP contribution in [0.1, 0.15) is 54.3 Å². The molecule has 1 aliphatic rings. The summed E-state index contributed by atoms with van der Waals surface area (Å²) < 4.78 is 24.7. The van der Waals surface area contributed by atoms with Crippen LogP contribution in [-0.4, -0.2) is 30.5 Å². The molecule has 0 bridgehead atoms. The van der Waals surface area contributed by atoms with Gasteiger partial charge >= 0.3 is 0 Å². The van der Waals surface area contributed by atoms with Crippen molar-refractivity contribution in [3.05, 3.63) is 58.8 Å². The molecule has 5 nitrogen and oxygen atoms in total. The van der Waals surface area contributed by atoms with Crippen LogP contribution in [0.15, 0.2) is 34.7 Å². The molecule has 0 saturated carbocycles. The highest BCUT2D eigenvalue weighted by Crippen LogP contribution is 2.31. The Kier molecular flexibility index (Phi) is 5.16. The summed E-state index contributed by atoms with van der Waals surface area (Å²) in [5, 5.41) is 0. The highest BCUT2D eigenvalue weighted by atomic mass is 19.1. The molecule has 0 aliphatic carbocycles. The number of rotatable bonds is 4. The molecule has 26 heavy (non-hydrogen) atoms. The van der Waals surface area contributed by atoms with Crippen LogP contribution in [0.2, 0.25) is 0 Å². The number of carbonyl (C=O) groups is 1. The fourth-order valence-electron chi connectivity index (χ4n) is 3.27. The number of morpholine rings is 1. The van der Waals surface area contributed by atoms with E-state index < -0.39 is 5.91 Å². The topological polar surface area (TPSA) is 68.7 Å². The molecule has 1 aliphatic heterocycles. The highest BCUT2D eigenvalue weighted by Gasteiger charge is 2.28. The summed E-state index contributed by atoms with van der Waals surface area (Å²) in [6.07, 6.45) is -0.107. The average Bonchev–Trinajstić information content (AvgIpc) is 3.00. The Morgan fingerprint density at radius 2 is 2.00 bits per heavy atom. The zero-order valence-electron chi connectivity index (χ0n) is 15.4. The van der Waals surface area contributed by atoms with E-state index in [9.17, 15) is 9.18 Å². The molecule has 2 aromatic rings. The minimum absolute atomic E-state index is 0.107.